The molecule has 5 amide bonds. The predicted molar refractivity (Wildman–Crippen MR) is 211 cm³/mol. The molecule has 56 heavy (non-hydrogen) atoms. The number of para-hydroxylation sites is 1. The lowest BCUT2D eigenvalue weighted by molar-refractivity contribution is -0.132. The van der Waals surface area contributed by atoms with Crippen molar-refractivity contribution in [2.45, 2.75) is 58.7 Å². The predicted octanol–water partition coefficient (Wildman–Crippen LogP) is 1.24. The second-order valence-corrected chi connectivity index (χ2v) is 13.5. The van der Waals surface area contributed by atoms with Crippen LogP contribution in [0.5, 0.6) is 0 Å². The van der Waals surface area contributed by atoms with Crippen LogP contribution in [0.15, 0.2) is 48.5 Å². The van der Waals surface area contributed by atoms with E-state index in [0.29, 0.717) is 82.7 Å². The zero-order valence-corrected chi connectivity index (χ0v) is 32.6. The van der Waals surface area contributed by atoms with E-state index in [1.807, 2.05) is 48.5 Å². The summed E-state index contributed by atoms with van der Waals surface area (Å²) in [6, 6.07) is 12.9. The van der Waals surface area contributed by atoms with E-state index in [4.69, 9.17) is 36.3 Å². The first-order valence-electron chi connectivity index (χ1n) is 18.8. The zero-order valence-electron chi connectivity index (χ0n) is 32.6. The molecule has 2 aromatic rings. The second-order valence-electron chi connectivity index (χ2n) is 13.5. The minimum Gasteiger partial charge on any atom is -0.396 e. The normalized spacial score (nSPS) is 14.8. The van der Waals surface area contributed by atoms with Gasteiger partial charge in [-0.25, -0.2) is 10.6 Å². The minimum atomic E-state index is -0.834. The average Bonchev–Trinajstić information content (AvgIpc) is 3.16. The number of carbonyl (C=O) groups excluding carboxylic acids is 5. The Morgan fingerprint density at radius 1 is 0.857 bits per heavy atom. The largest absolute Gasteiger partial charge is 0.396 e. The van der Waals surface area contributed by atoms with Crippen LogP contribution in [-0.2, 0) is 44.7 Å². The van der Waals surface area contributed by atoms with Crippen LogP contribution in [0.1, 0.15) is 56.7 Å². The number of benzene rings is 2. The lowest BCUT2D eigenvalue weighted by Gasteiger charge is -2.31. The Morgan fingerprint density at radius 3 is 2.05 bits per heavy atom. The Labute approximate surface area is 328 Å². The lowest BCUT2D eigenvalue weighted by atomic mass is 9.96. The number of anilines is 1. The number of amides is 5. The molecule has 2 aromatic carbocycles. The van der Waals surface area contributed by atoms with Gasteiger partial charge in [-0.3, -0.25) is 19.2 Å². The molecule has 0 bridgehead atoms. The Morgan fingerprint density at radius 2 is 1.45 bits per heavy atom. The number of ether oxygens (including phenoxy) is 4. The first-order chi connectivity index (χ1) is 26.9. The molecule has 17 nitrogen and oxygen atoms in total. The highest BCUT2D eigenvalue weighted by Crippen LogP contribution is 2.36. The standard InChI is InChI=1S/C39H58N8O9/c1-27(2)36(38(51)44-32(28(3)49)12-8-15-43-39(41)52)45-34(50)14-17-53-19-21-55-23-24-56-22-20-54-18-16-47(42)37-31-11-6-7-13-33(31)46(26-48)25-29-9-4-5-10-30(29)35(37)40/h4-7,9-11,13,26-27,32,36H,8,12,14-25,40,42H2,1-3H3,(H,44,51)(H,45,50)(H3,41,43,52)/b37-35-. The smallest absolute Gasteiger partial charge is 0.312 e. The van der Waals surface area contributed by atoms with Crippen LogP contribution in [-0.4, -0.2) is 113 Å². The number of ketones is 1. The quantitative estimate of drug-likeness (QED) is 0.0342. The van der Waals surface area contributed by atoms with E-state index < -0.39 is 24.0 Å². The summed E-state index contributed by atoms with van der Waals surface area (Å²) in [4.78, 5) is 62.0. The summed E-state index contributed by atoms with van der Waals surface area (Å²) in [5, 5.41) is 9.42. The van der Waals surface area contributed by atoms with Gasteiger partial charge >= 0.3 is 6.03 Å². The summed E-state index contributed by atoms with van der Waals surface area (Å²) in [6.07, 6.45) is 1.62. The van der Waals surface area contributed by atoms with Crippen molar-refractivity contribution in [1.82, 2.24) is 21.0 Å². The van der Waals surface area contributed by atoms with Crippen molar-refractivity contribution in [3.8, 4) is 0 Å². The summed E-state index contributed by atoms with van der Waals surface area (Å²) in [5.41, 5.74) is 16.1. The molecule has 0 radical (unpaired) electrons. The number of nitrogens with two attached hydrogens (primary N) is 3. The lowest BCUT2D eigenvalue weighted by Crippen LogP contribution is -2.53. The first-order valence-corrected chi connectivity index (χ1v) is 18.8. The van der Waals surface area contributed by atoms with Gasteiger partial charge in [-0.05, 0) is 37.3 Å². The molecule has 17 heteroatoms. The molecule has 308 valence electrons. The van der Waals surface area contributed by atoms with Crippen molar-refractivity contribution in [1.29, 1.82) is 0 Å². The van der Waals surface area contributed by atoms with Gasteiger partial charge in [0.2, 0.25) is 18.2 Å². The van der Waals surface area contributed by atoms with Crippen molar-refractivity contribution in [3.05, 3.63) is 65.2 Å². The van der Waals surface area contributed by atoms with Gasteiger partial charge in [0.1, 0.15) is 6.04 Å². The number of primary amides is 1. The number of hydrogen-bond donors (Lipinski definition) is 6. The molecule has 0 fully saturated rings. The monoisotopic (exact) mass is 782 g/mol. The van der Waals surface area contributed by atoms with Gasteiger partial charge in [-0.2, -0.15) is 0 Å². The number of hydrogen-bond acceptors (Lipinski definition) is 12. The molecule has 1 heterocycles. The molecular weight excluding hydrogens is 724 g/mol. The number of rotatable bonds is 26. The molecule has 9 N–H and O–H groups in total. The molecule has 2 atom stereocenters. The molecular formula is C39H58N8O9. The van der Waals surface area contributed by atoms with E-state index in [2.05, 4.69) is 16.0 Å². The summed E-state index contributed by atoms with van der Waals surface area (Å²) >= 11 is 0. The van der Waals surface area contributed by atoms with E-state index >= 15 is 0 Å². The molecule has 0 saturated carbocycles. The van der Waals surface area contributed by atoms with Crippen molar-refractivity contribution in [2.24, 2.45) is 23.2 Å². The highest BCUT2D eigenvalue weighted by atomic mass is 16.6. The number of hydrazine groups is 1. The number of nitrogens with zero attached hydrogens (tertiary/aromatic N) is 2. The van der Waals surface area contributed by atoms with Gasteiger partial charge < -0.3 is 56.3 Å². The number of nitrogens with one attached hydrogen (secondary N) is 3. The van der Waals surface area contributed by atoms with Crippen LogP contribution >= 0.6 is 0 Å². The number of fused-ring (bicyclic) bond motifs is 2. The molecule has 0 aromatic heterocycles. The summed E-state index contributed by atoms with van der Waals surface area (Å²) in [5.74, 6) is 5.28. The summed E-state index contributed by atoms with van der Waals surface area (Å²) in [7, 11) is 0. The minimum absolute atomic E-state index is 0.0431. The molecule has 0 aliphatic carbocycles. The highest BCUT2D eigenvalue weighted by molar-refractivity contribution is 5.96. The summed E-state index contributed by atoms with van der Waals surface area (Å²) < 4.78 is 22.4. The van der Waals surface area contributed by atoms with E-state index in [1.54, 1.807) is 23.8 Å². The third kappa shape index (κ3) is 14.9. The Kier molecular flexibility index (Phi) is 19.8. The highest BCUT2D eigenvalue weighted by Gasteiger charge is 2.28. The zero-order chi connectivity index (χ0) is 40.9. The van der Waals surface area contributed by atoms with Crippen LogP contribution in [0.25, 0.3) is 11.4 Å². The van der Waals surface area contributed by atoms with Crippen LogP contribution in [0, 0.1) is 5.92 Å². The van der Waals surface area contributed by atoms with Crippen LogP contribution < -0.4 is 38.2 Å². The molecule has 1 aliphatic rings. The molecule has 1 aliphatic heterocycles. The van der Waals surface area contributed by atoms with Gasteiger partial charge in [-0.15, -0.1) is 0 Å². The maximum Gasteiger partial charge on any atom is 0.312 e. The van der Waals surface area contributed by atoms with Gasteiger partial charge in [-0.1, -0.05) is 56.3 Å². The fourth-order valence-corrected chi connectivity index (χ4v) is 5.93. The van der Waals surface area contributed by atoms with Crippen LogP contribution in [0.2, 0.25) is 0 Å². The van der Waals surface area contributed by atoms with E-state index in [9.17, 15) is 24.0 Å². The fraction of sp³-hybridized carbons (Fsp3) is 0.513. The number of Topliss-reactive ketones (excluding diaryl/α,β-unsaturated/α-hetero) is 1. The molecule has 2 unspecified atom stereocenters. The van der Waals surface area contributed by atoms with Gasteiger partial charge in [0.15, 0.2) is 5.78 Å². The van der Waals surface area contributed by atoms with Gasteiger partial charge in [0.05, 0.1) is 89.1 Å². The third-order valence-corrected chi connectivity index (χ3v) is 8.89. The first kappa shape index (κ1) is 45.3. The topological polar surface area (TPSA) is 243 Å². The van der Waals surface area contributed by atoms with Crippen molar-refractivity contribution in [2.75, 3.05) is 70.8 Å². The average molecular weight is 783 g/mol. The van der Waals surface area contributed by atoms with Crippen molar-refractivity contribution in [3.63, 3.8) is 0 Å². The maximum absolute atomic E-state index is 12.9. The SMILES string of the molecule is CC(=O)C(CCCNC(N)=O)NC(=O)C(NC(=O)CCOCCOCCOCCOCCN(N)/C1=C(\N)c2ccccc2CN(C=O)c2ccccc21)C(C)C. The Hall–Kier alpha value is -5.07. The third-order valence-electron chi connectivity index (χ3n) is 8.89. The van der Waals surface area contributed by atoms with Crippen molar-refractivity contribution >= 4 is 47.1 Å². The van der Waals surface area contributed by atoms with Crippen LogP contribution in [0.4, 0.5) is 10.5 Å². The van der Waals surface area contributed by atoms with E-state index in [0.717, 1.165) is 23.1 Å². The number of carbonyl (C=O) groups is 5. The van der Waals surface area contributed by atoms with Gasteiger partial charge in [0, 0.05) is 24.1 Å². The Bertz CT molecular complexity index is 1620. The summed E-state index contributed by atoms with van der Waals surface area (Å²) in [6.45, 7) is 8.41. The molecule has 0 spiro atoms. The van der Waals surface area contributed by atoms with E-state index in [1.165, 1.54) is 6.92 Å². The van der Waals surface area contributed by atoms with E-state index in [-0.39, 0.29) is 43.8 Å². The fourth-order valence-electron chi connectivity index (χ4n) is 5.93. The molecule has 0 saturated heterocycles. The maximum atomic E-state index is 12.9. The van der Waals surface area contributed by atoms with Crippen molar-refractivity contribution < 1.29 is 42.9 Å². The van der Waals surface area contributed by atoms with Crippen LogP contribution in [0.3, 0.4) is 0 Å². The van der Waals surface area contributed by atoms with Gasteiger partial charge in [0.25, 0.3) is 0 Å². The Balaban J connectivity index is 1.27. The molecule has 3 rings (SSSR count). The number of urea groups is 1. The second kappa shape index (κ2) is 24.4.